The van der Waals surface area contributed by atoms with Gasteiger partial charge in [0.15, 0.2) is 0 Å². The van der Waals surface area contributed by atoms with E-state index in [4.69, 9.17) is 5.73 Å². The van der Waals surface area contributed by atoms with Gasteiger partial charge in [-0.2, -0.15) is 0 Å². The van der Waals surface area contributed by atoms with Gasteiger partial charge in [-0.15, -0.1) is 0 Å². The summed E-state index contributed by atoms with van der Waals surface area (Å²) < 4.78 is 27.0. The highest BCUT2D eigenvalue weighted by atomic mass is 19.1. The summed E-state index contributed by atoms with van der Waals surface area (Å²) >= 11 is 0. The maximum Gasteiger partial charge on any atom is 0.128 e. The van der Waals surface area contributed by atoms with Crippen LogP contribution in [-0.4, -0.2) is 9.97 Å². The van der Waals surface area contributed by atoms with Gasteiger partial charge in [0, 0.05) is 18.0 Å². The molecule has 3 rings (SSSR count). The molecule has 0 saturated carbocycles. The molecule has 0 aliphatic carbocycles. The molecule has 1 heterocycles. The molecule has 0 fully saturated rings. The molecule has 1 unspecified atom stereocenters. The Balaban J connectivity index is 2.07. The molecule has 2 aromatic carbocycles. The Labute approximate surface area is 114 Å². The fraction of sp³-hybridized carbons (Fsp3) is 0.0667. The Morgan fingerprint density at radius 3 is 2.45 bits per heavy atom. The van der Waals surface area contributed by atoms with Crippen LogP contribution in [0.1, 0.15) is 17.2 Å². The van der Waals surface area contributed by atoms with E-state index < -0.39 is 17.7 Å². The lowest BCUT2D eigenvalue weighted by Gasteiger charge is -2.14. The highest BCUT2D eigenvalue weighted by Crippen LogP contribution is 2.24. The van der Waals surface area contributed by atoms with E-state index in [2.05, 4.69) is 9.97 Å². The molecule has 2 N–H and O–H groups in total. The number of aromatic nitrogens is 2. The highest BCUT2D eigenvalue weighted by molar-refractivity contribution is 5.74. The summed E-state index contributed by atoms with van der Waals surface area (Å²) in [6, 6.07) is 7.74. The second-order valence-corrected chi connectivity index (χ2v) is 4.45. The number of hydrogen-bond acceptors (Lipinski definition) is 3. The molecule has 0 spiro atoms. The molecule has 3 nitrogen and oxygen atoms in total. The molecular weight excluding hydrogens is 260 g/mol. The van der Waals surface area contributed by atoms with Crippen molar-refractivity contribution in [3.8, 4) is 0 Å². The maximum atomic E-state index is 13.7. The van der Waals surface area contributed by atoms with Crippen LogP contribution >= 0.6 is 0 Å². The van der Waals surface area contributed by atoms with E-state index >= 15 is 0 Å². The van der Waals surface area contributed by atoms with Gasteiger partial charge < -0.3 is 5.73 Å². The van der Waals surface area contributed by atoms with Crippen molar-refractivity contribution in [2.24, 2.45) is 5.73 Å². The number of benzene rings is 2. The van der Waals surface area contributed by atoms with E-state index in [1.54, 1.807) is 30.6 Å². The van der Waals surface area contributed by atoms with Crippen LogP contribution in [0.15, 0.2) is 48.8 Å². The second kappa shape index (κ2) is 4.94. The Morgan fingerprint density at radius 1 is 0.900 bits per heavy atom. The summed E-state index contributed by atoms with van der Waals surface area (Å²) in [5.74, 6) is -1.05. The zero-order valence-electron chi connectivity index (χ0n) is 10.4. The molecule has 0 radical (unpaired) electrons. The lowest BCUT2D eigenvalue weighted by atomic mass is 9.98. The highest BCUT2D eigenvalue weighted by Gasteiger charge is 2.15. The van der Waals surface area contributed by atoms with Crippen LogP contribution < -0.4 is 5.73 Å². The average molecular weight is 271 g/mol. The number of hydrogen-bond donors (Lipinski definition) is 1. The van der Waals surface area contributed by atoms with Gasteiger partial charge >= 0.3 is 0 Å². The van der Waals surface area contributed by atoms with Gasteiger partial charge in [-0.1, -0.05) is 6.07 Å². The van der Waals surface area contributed by atoms with Crippen LogP contribution in [0.25, 0.3) is 11.0 Å². The Kier molecular flexibility index (Phi) is 3.12. The largest absolute Gasteiger partial charge is 0.320 e. The molecule has 5 heteroatoms. The molecule has 0 amide bonds. The van der Waals surface area contributed by atoms with E-state index in [1.165, 1.54) is 0 Å². The standard InChI is InChI=1S/C15H11F2N3/c16-10-2-3-12(17)11(8-10)15(18)9-1-4-13-14(7-9)20-6-5-19-13/h1-8,15H,18H2. The van der Waals surface area contributed by atoms with Crippen molar-refractivity contribution in [2.45, 2.75) is 6.04 Å². The predicted octanol–water partition coefficient (Wildman–Crippen LogP) is 2.96. The number of halogens is 2. The first kappa shape index (κ1) is 12.6. The monoisotopic (exact) mass is 271 g/mol. The molecule has 100 valence electrons. The van der Waals surface area contributed by atoms with Gasteiger partial charge in [0.1, 0.15) is 11.6 Å². The van der Waals surface area contributed by atoms with Crippen molar-refractivity contribution in [1.82, 2.24) is 9.97 Å². The summed E-state index contributed by atoms with van der Waals surface area (Å²) in [4.78, 5) is 8.32. The van der Waals surface area contributed by atoms with Crippen LogP contribution in [-0.2, 0) is 0 Å². The zero-order valence-corrected chi connectivity index (χ0v) is 10.4. The minimum absolute atomic E-state index is 0.119. The summed E-state index contributed by atoms with van der Waals surface area (Å²) in [5, 5.41) is 0. The molecule has 1 atom stereocenters. The van der Waals surface area contributed by atoms with Gasteiger partial charge in [-0.05, 0) is 35.9 Å². The van der Waals surface area contributed by atoms with Crippen LogP contribution in [0.2, 0.25) is 0 Å². The Morgan fingerprint density at radius 2 is 1.65 bits per heavy atom. The topological polar surface area (TPSA) is 51.8 Å². The van der Waals surface area contributed by atoms with E-state index in [0.29, 0.717) is 11.1 Å². The van der Waals surface area contributed by atoms with Gasteiger partial charge in [0.2, 0.25) is 0 Å². The summed E-state index contributed by atoms with van der Waals surface area (Å²) in [6.07, 6.45) is 3.16. The maximum absolute atomic E-state index is 13.7. The van der Waals surface area contributed by atoms with Crippen molar-refractivity contribution >= 4 is 11.0 Å². The zero-order chi connectivity index (χ0) is 14.1. The van der Waals surface area contributed by atoms with E-state index in [0.717, 1.165) is 23.7 Å². The van der Waals surface area contributed by atoms with Gasteiger partial charge in [-0.3, -0.25) is 9.97 Å². The fourth-order valence-electron chi connectivity index (χ4n) is 2.11. The lowest BCUT2D eigenvalue weighted by molar-refractivity contribution is 0.577. The first-order valence-electron chi connectivity index (χ1n) is 6.06. The molecular formula is C15H11F2N3. The molecule has 3 aromatic rings. The van der Waals surface area contributed by atoms with Gasteiger partial charge in [0.05, 0.1) is 17.1 Å². The predicted molar refractivity (Wildman–Crippen MR) is 71.9 cm³/mol. The molecule has 0 bridgehead atoms. The number of nitrogens with two attached hydrogens (primary N) is 1. The smallest absolute Gasteiger partial charge is 0.128 e. The number of fused-ring (bicyclic) bond motifs is 1. The normalized spacial score (nSPS) is 12.6. The summed E-state index contributed by atoms with van der Waals surface area (Å²) in [6.45, 7) is 0. The molecule has 0 saturated heterocycles. The SMILES string of the molecule is NC(c1ccc2nccnc2c1)c1cc(F)ccc1F. The quantitative estimate of drug-likeness (QED) is 0.779. The first-order valence-corrected chi connectivity index (χ1v) is 6.06. The van der Waals surface area contributed by atoms with Gasteiger partial charge in [-0.25, -0.2) is 8.78 Å². The molecule has 20 heavy (non-hydrogen) atoms. The minimum Gasteiger partial charge on any atom is -0.320 e. The van der Waals surface area contributed by atoms with Crippen molar-refractivity contribution in [2.75, 3.05) is 0 Å². The third kappa shape index (κ3) is 2.23. The lowest BCUT2D eigenvalue weighted by Crippen LogP contribution is -2.14. The third-order valence-electron chi connectivity index (χ3n) is 3.15. The van der Waals surface area contributed by atoms with Crippen molar-refractivity contribution in [3.63, 3.8) is 0 Å². The van der Waals surface area contributed by atoms with Crippen LogP contribution in [0.4, 0.5) is 8.78 Å². The van der Waals surface area contributed by atoms with Crippen molar-refractivity contribution in [3.05, 3.63) is 71.6 Å². The second-order valence-electron chi connectivity index (χ2n) is 4.45. The molecule has 1 aromatic heterocycles. The Hall–Kier alpha value is -2.40. The van der Waals surface area contributed by atoms with E-state index in [9.17, 15) is 8.78 Å². The van der Waals surface area contributed by atoms with Crippen molar-refractivity contribution in [1.29, 1.82) is 0 Å². The number of rotatable bonds is 2. The molecule has 0 aliphatic heterocycles. The van der Waals surface area contributed by atoms with E-state index in [-0.39, 0.29) is 5.56 Å². The Bertz CT molecular complexity index is 774. The summed E-state index contributed by atoms with van der Waals surface area (Å²) in [7, 11) is 0. The van der Waals surface area contributed by atoms with Crippen LogP contribution in [0.3, 0.4) is 0 Å². The van der Waals surface area contributed by atoms with Crippen LogP contribution in [0, 0.1) is 11.6 Å². The van der Waals surface area contributed by atoms with E-state index in [1.807, 2.05) is 0 Å². The fourth-order valence-corrected chi connectivity index (χ4v) is 2.11. The summed E-state index contributed by atoms with van der Waals surface area (Å²) in [5.41, 5.74) is 8.19. The number of nitrogens with zero attached hydrogens (tertiary/aromatic N) is 2. The van der Waals surface area contributed by atoms with Crippen molar-refractivity contribution < 1.29 is 8.78 Å². The molecule has 0 aliphatic rings. The minimum atomic E-state index is -0.753. The third-order valence-corrected chi connectivity index (χ3v) is 3.15. The van der Waals surface area contributed by atoms with Crippen LogP contribution in [0.5, 0.6) is 0 Å². The average Bonchev–Trinajstić information content (AvgIpc) is 2.48. The first-order chi connectivity index (χ1) is 9.65. The van der Waals surface area contributed by atoms with Gasteiger partial charge in [0.25, 0.3) is 0 Å².